The van der Waals surface area contributed by atoms with E-state index in [4.69, 9.17) is 0 Å². The molecular formula is C21H21FN2O. The molecule has 1 aliphatic rings. The molecule has 0 bridgehead atoms. The fourth-order valence-electron chi connectivity index (χ4n) is 4.00. The molecule has 1 saturated heterocycles. The quantitative estimate of drug-likeness (QED) is 0.727. The molecule has 1 N–H and O–H groups in total. The van der Waals surface area contributed by atoms with Gasteiger partial charge >= 0.3 is 0 Å². The predicted molar refractivity (Wildman–Crippen MR) is 97.3 cm³/mol. The first-order chi connectivity index (χ1) is 12.1. The Morgan fingerprint density at radius 2 is 1.88 bits per heavy atom. The fourth-order valence-corrected chi connectivity index (χ4v) is 4.00. The lowest BCUT2D eigenvalue weighted by Crippen LogP contribution is -2.38. The number of carbonyl (C=O) groups excluding carboxylic acids is 1. The first-order valence-electron chi connectivity index (χ1n) is 8.75. The Morgan fingerprint density at radius 3 is 2.64 bits per heavy atom. The van der Waals surface area contributed by atoms with Crippen LogP contribution in [0.25, 0.3) is 10.9 Å². The number of piperidine rings is 1. The van der Waals surface area contributed by atoms with Gasteiger partial charge in [0.25, 0.3) is 5.91 Å². The topological polar surface area (TPSA) is 36.1 Å². The molecule has 0 aliphatic carbocycles. The van der Waals surface area contributed by atoms with Crippen LogP contribution < -0.4 is 0 Å². The van der Waals surface area contributed by atoms with E-state index < -0.39 is 0 Å². The van der Waals surface area contributed by atoms with Crippen molar-refractivity contribution in [3.63, 3.8) is 0 Å². The number of nitrogens with zero attached hydrogens (tertiary/aromatic N) is 1. The van der Waals surface area contributed by atoms with Crippen molar-refractivity contribution >= 4 is 16.8 Å². The third-order valence-corrected chi connectivity index (χ3v) is 5.21. The van der Waals surface area contributed by atoms with Crippen molar-refractivity contribution < 1.29 is 9.18 Å². The van der Waals surface area contributed by atoms with Gasteiger partial charge in [-0.05, 0) is 55.5 Å². The van der Waals surface area contributed by atoms with E-state index in [1.165, 1.54) is 34.3 Å². The monoisotopic (exact) mass is 336 g/mol. The van der Waals surface area contributed by atoms with Crippen LogP contribution in [0.3, 0.4) is 0 Å². The zero-order valence-corrected chi connectivity index (χ0v) is 14.3. The van der Waals surface area contributed by atoms with Gasteiger partial charge in [-0.3, -0.25) is 4.79 Å². The summed E-state index contributed by atoms with van der Waals surface area (Å²) in [5.74, 6) is 0.0106. The molecule has 0 atom stereocenters. The standard InChI is InChI=1S/C21H21FN2O/c1-14-20(18-7-2-3-8-19(18)23-14)15-9-11-24(12-10-15)21(25)16-5-4-6-17(22)13-16/h2-8,13,15,23H,9-12H2,1H3. The second kappa shape index (κ2) is 6.36. The third kappa shape index (κ3) is 2.93. The van der Waals surface area contributed by atoms with Gasteiger partial charge in [0.1, 0.15) is 5.82 Å². The summed E-state index contributed by atoms with van der Waals surface area (Å²) in [5.41, 5.74) is 4.21. The summed E-state index contributed by atoms with van der Waals surface area (Å²) in [5, 5.41) is 1.29. The van der Waals surface area contributed by atoms with Crippen molar-refractivity contribution in [2.75, 3.05) is 13.1 Å². The molecular weight excluding hydrogens is 315 g/mol. The highest BCUT2D eigenvalue weighted by atomic mass is 19.1. The van der Waals surface area contributed by atoms with Crippen LogP contribution in [0.4, 0.5) is 4.39 Å². The van der Waals surface area contributed by atoms with Crippen molar-refractivity contribution in [2.24, 2.45) is 0 Å². The third-order valence-electron chi connectivity index (χ3n) is 5.21. The van der Waals surface area contributed by atoms with Gasteiger partial charge in [0, 0.05) is 35.2 Å². The molecule has 1 amide bonds. The van der Waals surface area contributed by atoms with Crippen LogP contribution in [0, 0.1) is 12.7 Å². The average molecular weight is 336 g/mol. The second-order valence-corrected chi connectivity index (χ2v) is 6.79. The maximum absolute atomic E-state index is 13.4. The number of rotatable bonds is 2. The summed E-state index contributed by atoms with van der Waals surface area (Å²) in [6.45, 7) is 3.54. The number of amides is 1. The first kappa shape index (κ1) is 15.9. The van der Waals surface area contributed by atoms with Crippen molar-refractivity contribution in [1.82, 2.24) is 9.88 Å². The molecule has 3 nitrogen and oxygen atoms in total. The maximum atomic E-state index is 13.4. The number of hydrogen-bond donors (Lipinski definition) is 1. The van der Waals surface area contributed by atoms with E-state index in [1.54, 1.807) is 12.1 Å². The van der Waals surface area contributed by atoms with Crippen LogP contribution in [0.1, 0.15) is 40.4 Å². The molecule has 128 valence electrons. The molecule has 1 aromatic heterocycles. The number of likely N-dealkylation sites (tertiary alicyclic amines) is 1. The smallest absolute Gasteiger partial charge is 0.253 e. The van der Waals surface area contributed by atoms with Crippen LogP contribution >= 0.6 is 0 Å². The number of nitrogens with one attached hydrogen (secondary N) is 1. The largest absolute Gasteiger partial charge is 0.358 e. The van der Waals surface area contributed by atoms with E-state index in [-0.39, 0.29) is 11.7 Å². The Hall–Kier alpha value is -2.62. The predicted octanol–water partition coefficient (Wildman–Crippen LogP) is 4.64. The lowest BCUT2D eigenvalue weighted by molar-refractivity contribution is 0.0712. The van der Waals surface area contributed by atoms with E-state index in [1.807, 2.05) is 11.0 Å². The average Bonchev–Trinajstić information content (AvgIpc) is 2.97. The number of benzene rings is 2. The van der Waals surface area contributed by atoms with Crippen molar-refractivity contribution in [3.8, 4) is 0 Å². The van der Waals surface area contributed by atoms with Crippen molar-refractivity contribution in [3.05, 3.63) is 71.2 Å². The Balaban J connectivity index is 1.51. The zero-order chi connectivity index (χ0) is 17.4. The number of H-pyrrole nitrogens is 1. The normalized spacial score (nSPS) is 15.7. The number of aromatic nitrogens is 1. The van der Waals surface area contributed by atoms with Crippen LogP contribution in [0.5, 0.6) is 0 Å². The number of carbonyl (C=O) groups is 1. The molecule has 2 aromatic carbocycles. The molecule has 4 rings (SSSR count). The minimum atomic E-state index is -0.366. The Bertz CT molecular complexity index is 923. The van der Waals surface area contributed by atoms with Gasteiger partial charge in [-0.2, -0.15) is 0 Å². The van der Waals surface area contributed by atoms with Gasteiger partial charge in [-0.15, -0.1) is 0 Å². The van der Waals surface area contributed by atoms with Crippen LogP contribution in [0.2, 0.25) is 0 Å². The molecule has 0 saturated carbocycles. The van der Waals surface area contributed by atoms with Gasteiger partial charge in [-0.25, -0.2) is 4.39 Å². The van der Waals surface area contributed by atoms with Crippen molar-refractivity contribution in [2.45, 2.75) is 25.7 Å². The molecule has 0 unspecified atom stereocenters. The molecule has 1 aliphatic heterocycles. The zero-order valence-electron chi connectivity index (χ0n) is 14.3. The highest BCUT2D eigenvalue weighted by molar-refractivity contribution is 5.94. The van der Waals surface area contributed by atoms with E-state index in [2.05, 4.69) is 30.1 Å². The maximum Gasteiger partial charge on any atom is 0.253 e. The highest BCUT2D eigenvalue weighted by Crippen LogP contribution is 2.35. The Kier molecular flexibility index (Phi) is 4.04. The van der Waals surface area contributed by atoms with Gasteiger partial charge in [0.15, 0.2) is 0 Å². The molecule has 4 heteroatoms. The summed E-state index contributed by atoms with van der Waals surface area (Å²) < 4.78 is 13.4. The summed E-state index contributed by atoms with van der Waals surface area (Å²) in [7, 11) is 0. The van der Waals surface area contributed by atoms with Gasteiger partial charge < -0.3 is 9.88 Å². The molecule has 2 heterocycles. The first-order valence-corrected chi connectivity index (χ1v) is 8.75. The van der Waals surface area contributed by atoms with E-state index in [9.17, 15) is 9.18 Å². The van der Waals surface area contributed by atoms with Gasteiger partial charge in [0.05, 0.1) is 0 Å². The molecule has 25 heavy (non-hydrogen) atoms. The number of aryl methyl sites for hydroxylation is 1. The summed E-state index contributed by atoms with van der Waals surface area (Å²) in [6.07, 6.45) is 1.87. The summed E-state index contributed by atoms with van der Waals surface area (Å²) >= 11 is 0. The Labute approximate surface area is 146 Å². The number of hydrogen-bond acceptors (Lipinski definition) is 1. The van der Waals surface area contributed by atoms with Gasteiger partial charge in [-0.1, -0.05) is 24.3 Å². The lowest BCUT2D eigenvalue weighted by Gasteiger charge is -2.32. The molecule has 0 radical (unpaired) electrons. The lowest BCUT2D eigenvalue weighted by atomic mass is 9.87. The van der Waals surface area contributed by atoms with E-state index in [0.29, 0.717) is 24.6 Å². The number of para-hydroxylation sites is 1. The van der Waals surface area contributed by atoms with E-state index in [0.717, 1.165) is 12.8 Å². The second-order valence-electron chi connectivity index (χ2n) is 6.79. The van der Waals surface area contributed by atoms with Gasteiger partial charge in [0.2, 0.25) is 0 Å². The van der Waals surface area contributed by atoms with E-state index >= 15 is 0 Å². The number of aromatic amines is 1. The highest BCUT2D eigenvalue weighted by Gasteiger charge is 2.27. The SMILES string of the molecule is Cc1[nH]c2ccccc2c1C1CCN(C(=O)c2cccc(F)c2)CC1. The van der Waals surface area contributed by atoms with Crippen LogP contribution in [0.15, 0.2) is 48.5 Å². The number of halogens is 1. The number of fused-ring (bicyclic) bond motifs is 1. The molecule has 0 spiro atoms. The Morgan fingerprint density at radius 1 is 1.12 bits per heavy atom. The minimum Gasteiger partial charge on any atom is -0.358 e. The van der Waals surface area contributed by atoms with Crippen molar-refractivity contribution in [1.29, 1.82) is 0 Å². The minimum absolute atomic E-state index is 0.0754. The van der Waals surface area contributed by atoms with Crippen LogP contribution in [-0.4, -0.2) is 28.9 Å². The summed E-state index contributed by atoms with van der Waals surface area (Å²) in [6, 6.07) is 14.3. The molecule has 1 fully saturated rings. The molecule has 3 aromatic rings. The van der Waals surface area contributed by atoms with Crippen LogP contribution in [-0.2, 0) is 0 Å². The fraction of sp³-hybridized carbons (Fsp3) is 0.286. The summed E-state index contributed by atoms with van der Waals surface area (Å²) in [4.78, 5) is 17.9.